The number of benzene rings is 2. The molecule has 0 bridgehead atoms. The molecule has 5 heteroatoms. The zero-order chi connectivity index (χ0) is 20.0. The molecule has 0 aliphatic heterocycles. The highest BCUT2D eigenvalue weighted by atomic mass is 16.5. The van der Waals surface area contributed by atoms with Crippen LogP contribution in [0.1, 0.15) is 31.9 Å². The second-order valence-corrected chi connectivity index (χ2v) is 7.11. The lowest BCUT2D eigenvalue weighted by Crippen LogP contribution is -2.12. The quantitative estimate of drug-likeness (QED) is 0.752. The van der Waals surface area contributed by atoms with Crippen molar-refractivity contribution in [3.05, 3.63) is 53.6 Å². The fourth-order valence-corrected chi connectivity index (χ4v) is 2.61. The van der Waals surface area contributed by atoms with Crippen molar-refractivity contribution in [3.63, 3.8) is 0 Å². The van der Waals surface area contributed by atoms with Gasteiger partial charge in [-0.2, -0.15) is 0 Å². The summed E-state index contributed by atoms with van der Waals surface area (Å²) >= 11 is 0. The monoisotopic (exact) mass is 369 g/mol. The minimum absolute atomic E-state index is 0.0783. The van der Waals surface area contributed by atoms with Gasteiger partial charge in [-0.05, 0) is 46.9 Å². The summed E-state index contributed by atoms with van der Waals surface area (Å²) in [5, 5.41) is 2.86. The summed E-state index contributed by atoms with van der Waals surface area (Å²) in [6.07, 6.45) is 3.17. The van der Waals surface area contributed by atoms with Crippen LogP contribution in [0.2, 0.25) is 0 Å². The van der Waals surface area contributed by atoms with E-state index in [0.717, 1.165) is 11.3 Å². The van der Waals surface area contributed by atoms with E-state index in [4.69, 9.17) is 14.2 Å². The number of carbonyl (C=O) groups is 1. The van der Waals surface area contributed by atoms with Gasteiger partial charge in [0.2, 0.25) is 11.7 Å². The molecule has 0 radical (unpaired) electrons. The van der Waals surface area contributed by atoms with Crippen molar-refractivity contribution in [3.8, 4) is 17.2 Å². The van der Waals surface area contributed by atoms with Crippen molar-refractivity contribution < 1.29 is 19.0 Å². The number of anilines is 1. The SMILES string of the molecule is COc1cc(/C=C/C(=O)Nc2ccc(C(C)(C)C)cc2)cc(OC)c1OC. The zero-order valence-electron chi connectivity index (χ0n) is 16.8. The molecule has 0 spiro atoms. The molecule has 1 amide bonds. The first-order chi connectivity index (χ1) is 12.8. The summed E-state index contributed by atoms with van der Waals surface area (Å²) in [5.74, 6) is 1.37. The van der Waals surface area contributed by atoms with Crippen LogP contribution in [-0.4, -0.2) is 27.2 Å². The first-order valence-corrected chi connectivity index (χ1v) is 8.68. The van der Waals surface area contributed by atoms with Crippen LogP contribution in [0.3, 0.4) is 0 Å². The fourth-order valence-electron chi connectivity index (χ4n) is 2.61. The molecule has 1 N–H and O–H groups in total. The standard InChI is InChI=1S/C22H27NO4/c1-22(2,3)16-8-10-17(11-9-16)23-20(24)12-7-15-13-18(25-4)21(27-6)19(14-15)26-5/h7-14H,1-6H3,(H,23,24)/b12-7+. The van der Waals surface area contributed by atoms with Crippen LogP contribution in [0.4, 0.5) is 5.69 Å². The normalized spacial score (nSPS) is 11.3. The zero-order valence-corrected chi connectivity index (χ0v) is 16.8. The Balaban J connectivity index is 2.12. The number of hydrogen-bond acceptors (Lipinski definition) is 4. The van der Waals surface area contributed by atoms with E-state index in [1.807, 2.05) is 24.3 Å². The van der Waals surface area contributed by atoms with Gasteiger partial charge in [-0.25, -0.2) is 0 Å². The van der Waals surface area contributed by atoms with Gasteiger partial charge in [-0.3, -0.25) is 4.79 Å². The maximum Gasteiger partial charge on any atom is 0.248 e. The van der Waals surface area contributed by atoms with Gasteiger partial charge >= 0.3 is 0 Å². The summed E-state index contributed by atoms with van der Waals surface area (Å²) in [7, 11) is 4.66. The maximum absolute atomic E-state index is 12.2. The lowest BCUT2D eigenvalue weighted by molar-refractivity contribution is -0.111. The van der Waals surface area contributed by atoms with Crippen molar-refractivity contribution in [2.75, 3.05) is 26.6 Å². The molecule has 144 valence electrons. The molecule has 0 aliphatic rings. The lowest BCUT2D eigenvalue weighted by atomic mass is 9.87. The van der Waals surface area contributed by atoms with Crippen molar-refractivity contribution in [2.24, 2.45) is 0 Å². The van der Waals surface area contributed by atoms with E-state index in [0.29, 0.717) is 17.2 Å². The molecule has 0 unspecified atom stereocenters. The van der Waals surface area contributed by atoms with E-state index in [2.05, 4.69) is 26.1 Å². The van der Waals surface area contributed by atoms with E-state index in [1.165, 1.54) is 11.6 Å². The molecule has 0 heterocycles. The van der Waals surface area contributed by atoms with Gasteiger partial charge in [0, 0.05) is 11.8 Å². The molecular formula is C22H27NO4. The summed E-state index contributed by atoms with van der Waals surface area (Å²) in [6.45, 7) is 6.46. The van der Waals surface area contributed by atoms with Gasteiger partial charge in [0.05, 0.1) is 21.3 Å². The predicted octanol–water partition coefficient (Wildman–Crippen LogP) is 4.66. The van der Waals surface area contributed by atoms with Crippen LogP contribution in [0.15, 0.2) is 42.5 Å². The summed E-state index contributed by atoms with van der Waals surface area (Å²) < 4.78 is 15.9. The third-order valence-corrected chi connectivity index (χ3v) is 4.13. The van der Waals surface area contributed by atoms with Crippen molar-refractivity contribution in [1.82, 2.24) is 0 Å². The Labute approximate surface area is 161 Å². The average Bonchev–Trinajstić information content (AvgIpc) is 2.65. The summed E-state index contributed by atoms with van der Waals surface area (Å²) in [4.78, 5) is 12.2. The van der Waals surface area contributed by atoms with Crippen LogP contribution >= 0.6 is 0 Å². The second-order valence-electron chi connectivity index (χ2n) is 7.11. The number of amides is 1. The highest BCUT2D eigenvalue weighted by molar-refractivity contribution is 6.02. The van der Waals surface area contributed by atoms with E-state index in [1.54, 1.807) is 39.5 Å². The molecule has 2 aromatic carbocycles. The molecule has 0 saturated carbocycles. The first-order valence-electron chi connectivity index (χ1n) is 8.68. The lowest BCUT2D eigenvalue weighted by Gasteiger charge is -2.19. The van der Waals surface area contributed by atoms with Gasteiger partial charge in [0.25, 0.3) is 0 Å². The second kappa shape index (κ2) is 8.62. The third kappa shape index (κ3) is 5.26. The van der Waals surface area contributed by atoms with Crippen LogP contribution in [0, 0.1) is 0 Å². The molecule has 2 rings (SSSR count). The minimum atomic E-state index is -0.215. The molecule has 0 aliphatic carbocycles. The third-order valence-electron chi connectivity index (χ3n) is 4.13. The Bertz CT molecular complexity index is 792. The van der Waals surface area contributed by atoms with Crippen molar-refractivity contribution in [1.29, 1.82) is 0 Å². The Kier molecular flexibility index (Phi) is 6.50. The number of nitrogens with one attached hydrogen (secondary N) is 1. The number of methoxy groups -OCH3 is 3. The van der Waals surface area contributed by atoms with E-state index in [-0.39, 0.29) is 11.3 Å². The minimum Gasteiger partial charge on any atom is -0.493 e. The number of hydrogen-bond donors (Lipinski definition) is 1. The van der Waals surface area contributed by atoms with Crippen molar-refractivity contribution >= 4 is 17.7 Å². The molecular weight excluding hydrogens is 342 g/mol. The molecule has 2 aromatic rings. The van der Waals surface area contributed by atoms with E-state index < -0.39 is 0 Å². The number of ether oxygens (including phenoxy) is 3. The molecule has 5 nitrogen and oxygen atoms in total. The van der Waals surface area contributed by atoms with Gasteiger partial charge in [0.15, 0.2) is 11.5 Å². The van der Waals surface area contributed by atoms with Gasteiger partial charge in [0.1, 0.15) is 0 Å². The number of carbonyl (C=O) groups excluding carboxylic acids is 1. The van der Waals surface area contributed by atoms with Gasteiger partial charge in [-0.15, -0.1) is 0 Å². The largest absolute Gasteiger partial charge is 0.493 e. The molecule has 0 aromatic heterocycles. The van der Waals surface area contributed by atoms with Gasteiger partial charge < -0.3 is 19.5 Å². The van der Waals surface area contributed by atoms with Crippen LogP contribution < -0.4 is 19.5 Å². The van der Waals surface area contributed by atoms with E-state index >= 15 is 0 Å². The molecule has 0 fully saturated rings. The first kappa shape index (κ1) is 20.4. The fraction of sp³-hybridized carbons (Fsp3) is 0.318. The molecule has 27 heavy (non-hydrogen) atoms. The smallest absolute Gasteiger partial charge is 0.248 e. The topological polar surface area (TPSA) is 56.8 Å². The number of rotatable bonds is 6. The predicted molar refractivity (Wildman–Crippen MR) is 109 cm³/mol. The summed E-state index contributed by atoms with van der Waals surface area (Å²) in [5.41, 5.74) is 2.81. The Morgan fingerprint density at radius 1 is 0.926 bits per heavy atom. The maximum atomic E-state index is 12.2. The Morgan fingerprint density at radius 2 is 1.48 bits per heavy atom. The molecule has 0 saturated heterocycles. The van der Waals surface area contributed by atoms with E-state index in [9.17, 15) is 4.79 Å². The molecule has 0 atom stereocenters. The Morgan fingerprint density at radius 3 is 1.93 bits per heavy atom. The Hall–Kier alpha value is -2.95. The van der Waals surface area contributed by atoms with Crippen LogP contribution in [0.5, 0.6) is 17.2 Å². The average molecular weight is 369 g/mol. The van der Waals surface area contributed by atoms with Crippen molar-refractivity contribution in [2.45, 2.75) is 26.2 Å². The van der Waals surface area contributed by atoms with Gasteiger partial charge in [-0.1, -0.05) is 32.9 Å². The highest BCUT2D eigenvalue weighted by Crippen LogP contribution is 2.38. The van der Waals surface area contributed by atoms with Crippen LogP contribution in [0.25, 0.3) is 6.08 Å². The van der Waals surface area contributed by atoms with Crippen LogP contribution in [-0.2, 0) is 10.2 Å². The highest BCUT2D eigenvalue weighted by Gasteiger charge is 2.13. The summed E-state index contributed by atoms with van der Waals surface area (Å²) in [6, 6.07) is 11.4.